The topological polar surface area (TPSA) is 95.6 Å². The Kier molecular flexibility index (Phi) is 7.09. The Bertz CT molecular complexity index is 820. The van der Waals surface area contributed by atoms with Crippen LogP contribution in [0.1, 0.15) is 32.6 Å². The molecule has 1 heterocycles. The van der Waals surface area contributed by atoms with Crippen molar-refractivity contribution in [2.24, 2.45) is 0 Å². The van der Waals surface area contributed by atoms with Gasteiger partial charge in [0, 0.05) is 25.2 Å². The quantitative estimate of drug-likeness (QED) is 0.657. The van der Waals surface area contributed by atoms with Crippen LogP contribution in [0.15, 0.2) is 34.1 Å². The van der Waals surface area contributed by atoms with Crippen molar-refractivity contribution < 1.29 is 16.8 Å². The van der Waals surface area contributed by atoms with E-state index in [1.165, 1.54) is 28.6 Å². The van der Waals surface area contributed by atoms with Crippen LogP contribution in [0, 0.1) is 0 Å². The van der Waals surface area contributed by atoms with Crippen LogP contribution >= 0.6 is 12.4 Å². The van der Waals surface area contributed by atoms with Gasteiger partial charge in [-0.15, -0.1) is 12.4 Å². The highest BCUT2D eigenvalue weighted by Gasteiger charge is 2.34. The molecule has 0 bridgehead atoms. The van der Waals surface area contributed by atoms with E-state index in [2.05, 4.69) is 10.0 Å². The van der Waals surface area contributed by atoms with E-state index in [9.17, 15) is 16.8 Å². The lowest BCUT2D eigenvalue weighted by Gasteiger charge is -2.27. The van der Waals surface area contributed by atoms with Crippen molar-refractivity contribution in [1.82, 2.24) is 14.3 Å². The molecule has 1 aliphatic heterocycles. The third-order valence-corrected chi connectivity index (χ3v) is 7.97. The smallest absolute Gasteiger partial charge is 0.243 e. The predicted molar refractivity (Wildman–Crippen MR) is 102 cm³/mol. The molecule has 1 saturated carbocycles. The molecule has 0 radical (unpaired) electrons. The molecule has 0 amide bonds. The Morgan fingerprint density at radius 2 is 1.85 bits per heavy atom. The van der Waals surface area contributed by atoms with Crippen LogP contribution in [0.4, 0.5) is 0 Å². The number of hydrogen-bond donors (Lipinski definition) is 2. The third kappa shape index (κ3) is 4.76. The minimum atomic E-state index is -3.74. The van der Waals surface area contributed by atoms with Crippen LogP contribution in [-0.4, -0.2) is 52.9 Å². The Hall–Kier alpha value is -0.710. The molecule has 1 aromatic carbocycles. The number of halogens is 1. The second-order valence-corrected chi connectivity index (χ2v) is 10.2. The number of nitrogens with one attached hydrogen (secondary N) is 2. The van der Waals surface area contributed by atoms with Crippen molar-refractivity contribution in [3.05, 3.63) is 24.3 Å². The first-order chi connectivity index (χ1) is 11.8. The molecule has 3 rings (SSSR count). The van der Waals surface area contributed by atoms with Crippen molar-refractivity contribution in [2.75, 3.05) is 19.6 Å². The van der Waals surface area contributed by atoms with E-state index in [1.807, 2.05) is 6.92 Å². The zero-order valence-electron chi connectivity index (χ0n) is 14.7. The molecule has 148 valence electrons. The van der Waals surface area contributed by atoms with E-state index < -0.39 is 20.0 Å². The minimum absolute atomic E-state index is 0. The first kappa shape index (κ1) is 21.6. The van der Waals surface area contributed by atoms with Gasteiger partial charge in [0.1, 0.15) is 0 Å². The molecule has 2 aliphatic rings. The van der Waals surface area contributed by atoms with Gasteiger partial charge in [0.2, 0.25) is 20.0 Å². The number of nitrogens with zero attached hydrogens (tertiary/aromatic N) is 1. The third-order valence-electron chi connectivity index (χ3n) is 4.51. The van der Waals surface area contributed by atoms with Gasteiger partial charge in [-0.2, -0.15) is 4.31 Å². The van der Waals surface area contributed by atoms with E-state index >= 15 is 0 Å². The monoisotopic (exact) mass is 423 g/mol. The fraction of sp³-hybridized carbons (Fsp3) is 0.625. The Labute approximate surface area is 162 Å². The van der Waals surface area contributed by atoms with Gasteiger partial charge in [-0.3, -0.25) is 0 Å². The first-order valence-electron chi connectivity index (χ1n) is 8.69. The highest BCUT2D eigenvalue weighted by Crippen LogP contribution is 2.26. The number of benzene rings is 1. The normalized spacial score (nSPS) is 20.9. The lowest BCUT2D eigenvalue weighted by molar-refractivity contribution is 0.335. The van der Waals surface area contributed by atoms with Crippen LogP contribution in [0.3, 0.4) is 0 Å². The second-order valence-electron chi connectivity index (χ2n) is 6.63. The zero-order chi connectivity index (χ0) is 18.1. The van der Waals surface area contributed by atoms with Gasteiger partial charge in [0.05, 0.1) is 9.79 Å². The van der Waals surface area contributed by atoms with E-state index in [0.29, 0.717) is 19.5 Å². The average molecular weight is 424 g/mol. The summed E-state index contributed by atoms with van der Waals surface area (Å²) >= 11 is 0. The molecule has 1 saturated heterocycles. The standard InChI is InChI=1S/C16H25N3O4S2.ClH/c1-2-10-19(14-8-9-17-12-14)25(22,23)16-5-3-4-15(11-16)24(20,21)18-13-6-7-13;/h3-5,11,13-14,17-18H,2,6-10,12H2,1H3;1H. The molecule has 1 aliphatic carbocycles. The van der Waals surface area contributed by atoms with Crippen LogP contribution in [0.25, 0.3) is 0 Å². The summed E-state index contributed by atoms with van der Waals surface area (Å²) in [5.74, 6) is 0. The zero-order valence-corrected chi connectivity index (χ0v) is 17.2. The van der Waals surface area contributed by atoms with E-state index in [4.69, 9.17) is 0 Å². The van der Waals surface area contributed by atoms with Crippen LogP contribution in [-0.2, 0) is 20.0 Å². The largest absolute Gasteiger partial charge is 0.315 e. The Morgan fingerprint density at radius 1 is 1.15 bits per heavy atom. The summed E-state index contributed by atoms with van der Waals surface area (Å²) in [5, 5.41) is 3.19. The predicted octanol–water partition coefficient (Wildman–Crippen LogP) is 1.31. The molecule has 2 N–H and O–H groups in total. The van der Waals surface area contributed by atoms with E-state index in [1.54, 1.807) is 0 Å². The Morgan fingerprint density at radius 3 is 2.42 bits per heavy atom. The van der Waals surface area contributed by atoms with Gasteiger partial charge in [-0.1, -0.05) is 13.0 Å². The fourth-order valence-electron chi connectivity index (χ4n) is 3.03. The van der Waals surface area contributed by atoms with Gasteiger partial charge >= 0.3 is 0 Å². The number of hydrogen-bond acceptors (Lipinski definition) is 5. The maximum atomic E-state index is 13.1. The van der Waals surface area contributed by atoms with Crippen molar-refractivity contribution in [3.8, 4) is 0 Å². The van der Waals surface area contributed by atoms with Crippen molar-refractivity contribution in [3.63, 3.8) is 0 Å². The summed E-state index contributed by atoms with van der Waals surface area (Å²) in [6.07, 6.45) is 3.13. The van der Waals surface area contributed by atoms with Gasteiger partial charge in [-0.05, 0) is 50.4 Å². The molecule has 2 fully saturated rings. The molecule has 1 unspecified atom stereocenters. The maximum absolute atomic E-state index is 13.1. The van der Waals surface area contributed by atoms with E-state index in [0.717, 1.165) is 25.8 Å². The number of sulfonamides is 2. The summed E-state index contributed by atoms with van der Waals surface area (Å²) in [6.45, 7) is 3.78. The summed E-state index contributed by atoms with van der Waals surface area (Å²) in [7, 11) is -7.42. The fourth-order valence-corrected chi connectivity index (χ4v) is 6.25. The highest BCUT2D eigenvalue weighted by molar-refractivity contribution is 7.90. The summed E-state index contributed by atoms with van der Waals surface area (Å²) in [4.78, 5) is 0.0352. The van der Waals surface area contributed by atoms with Gasteiger partial charge in [-0.25, -0.2) is 21.6 Å². The summed E-state index contributed by atoms with van der Waals surface area (Å²) in [6, 6.07) is 5.55. The van der Waals surface area contributed by atoms with E-state index in [-0.39, 0.29) is 34.3 Å². The van der Waals surface area contributed by atoms with Crippen molar-refractivity contribution in [2.45, 2.75) is 54.5 Å². The molecule has 1 atom stereocenters. The summed E-state index contributed by atoms with van der Waals surface area (Å²) < 4.78 is 55.1. The van der Waals surface area contributed by atoms with Crippen LogP contribution in [0.5, 0.6) is 0 Å². The molecular weight excluding hydrogens is 398 g/mol. The van der Waals surface area contributed by atoms with Gasteiger partial charge in [0.25, 0.3) is 0 Å². The molecule has 10 heteroatoms. The first-order valence-corrected chi connectivity index (χ1v) is 11.6. The molecule has 0 spiro atoms. The molecular formula is C16H26ClN3O4S2. The number of rotatable bonds is 8. The van der Waals surface area contributed by atoms with Crippen LogP contribution in [0.2, 0.25) is 0 Å². The SMILES string of the molecule is CCCN(C1CCNC1)S(=O)(=O)c1cccc(S(=O)(=O)NC2CC2)c1.Cl. The lowest BCUT2D eigenvalue weighted by Crippen LogP contribution is -2.42. The lowest BCUT2D eigenvalue weighted by atomic mass is 10.2. The minimum Gasteiger partial charge on any atom is -0.315 e. The highest BCUT2D eigenvalue weighted by atomic mass is 35.5. The molecule has 7 nitrogen and oxygen atoms in total. The average Bonchev–Trinajstić information content (AvgIpc) is 3.22. The molecule has 26 heavy (non-hydrogen) atoms. The van der Waals surface area contributed by atoms with Crippen molar-refractivity contribution >= 4 is 32.5 Å². The van der Waals surface area contributed by atoms with Crippen molar-refractivity contribution in [1.29, 1.82) is 0 Å². The second kappa shape index (κ2) is 8.53. The Balaban J connectivity index is 0.00000243. The van der Waals surface area contributed by atoms with Gasteiger partial charge < -0.3 is 5.32 Å². The maximum Gasteiger partial charge on any atom is 0.243 e. The molecule has 0 aromatic heterocycles. The molecule has 1 aromatic rings. The van der Waals surface area contributed by atoms with Crippen LogP contribution < -0.4 is 10.0 Å². The summed E-state index contributed by atoms with van der Waals surface area (Å²) in [5.41, 5.74) is 0. The van der Waals surface area contributed by atoms with Gasteiger partial charge in [0.15, 0.2) is 0 Å².